The van der Waals surface area contributed by atoms with E-state index in [1.807, 2.05) is 45.9 Å². The Labute approximate surface area is 252 Å². The van der Waals surface area contributed by atoms with E-state index in [4.69, 9.17) is 0 Å². The van der Waals surface area contributed by atoms with Crippen LogP contribution in [0, 0.1) is 12.3 Å². The number of carbonyl (C=O) groups is 3. The zero-order valence-electron chi connectivity index (χ0n) is 24.2. The Hall–Kier alpha value is -4.25. The molecular weight excluding hydrogens is 598 g/mol. The predicted octanol–water partition coefficient (Wildman–Crippen LogP) is 5.46. The maximum Gasteiger partial charge on any atom is 0.248 e. The van der Waals surface area contributed by atoms with Crippen molar-refractivity contribution in [3.05, 3.63) is 71.0 Å². The smallest absolute Gasteiger partial charge is 0.248 e. The number of hydrogen-bond acceptors (Lipinski definition) is 7. The van der Waals surface area contributed by atoms with E-state index in [2.05, 4.69) is 47.9 Å². The van der Waals surface area contributed by atoms with Gasteiger partial charge in [0, 0.05) is 36.3 Å². The van der Waals surface area contributed by atoms with E-state index in [1.165, 1.54) is 6.92 Å². The minimum atomic E-state index is -0.710. The maximum absolute atomic E-state index is 13.9. The van der Waals surface area contributed by atoms with Crippen LogP contribution in [0.15, 0.2) is 53.9 Å². The minimum absolute atomic E-state index is 0.128. The molecule has 4 heterocycles. The van der Waals surface area contributed by atoms with Gasteiger partial charge in [0.25, 0.3) is 0 Å². The molecule has 2 atom stereocenters. The molecule has 2 amide bonds. The van der Waals surface area contributed by atoms with Crippen molar-refractivity contribution in [2.24, 2.45) is 5.41 Å². The van der Waals surface area contributed by atoms with Crippen molar-refractivity contribution in [3.63, 3.8) is 0 Å². The van der Waals surface area contributed by atoms with Crippen LogP contribution >= 0.6 is 15.9 Å². The first-order chi connectivity index (χ1) is 19.9. The molecule has 42 heavy (non-hydrogen) atoms. The van der Waals surface area contributed by atoms with Crippen LogP contribution in [0.25, 0.3) is 28.1 Å². The van der Waals surface area contributed by atoms with E-state index in [-0.39, 0.29) is 41.3 Å². The van der Waals surface area contributed by atoms with Gasteiger partial charge >= 0.3 is 0 Å². The molecular formula is C31H32BrN7O3. The Morgan fingerprint density at radius 1 is 1.14 bits per heavy atom. The number of pyridine rings is 1. The van der Waals surface area contributed by atoms with Crippen molar-refractivity contribution >= 4 is 56.3 Å². The average Bonchev–Trinajstić information content (AvgIpc) is 3.42. The van der Waals surface area contributed by atoms with Gasteiger partial charge in [0.05, 0.1) is 5.52 Å². The molecule has 0 radical (unpaired) electrons. The molecule has 1 aliphatic rings. The van der Waals surface area contributed by atoms with E-state index >= 15 is 0 Å². The number of amides is 2. The number of Topliss-reactive ketones (excluding diaryl/α,β-unsaturated/α-hetero) is 1. The zero-order chi connectivity index (χ0) is 30.3. The number of ketones is 1. The monoisotopic (exact) mass is 629 g/mol. The number of anilines is 1. The number of hydrogen-bond donors (Lipinski definition) is 1. The second kappa shape index (κ2) is 11.2. The number of aryl methyl sites for hydroxylation is 1. The lowest BCUT2D eigenvalue weighted by Crippen LogP contribution is -2.48. The fraction of sp³-hybridized carbons (Fsp3) is 0.323. The quantitative estimate of drug-likeness (QED) is 0.213. The van der Waals surface area contributed by atoms with Crippen LogP contribution in [0.2, 0.25) is 0 Å². The van der Waals surface area contributed by atoms with E-state index in [0.29, 0.717) is 33.6 Å². The molecule has 0 aliphatic carbocycles. The van der Waals surface area contributed by atoms with E-state index in [9.17, 15) is 14.4 Å². The van der Waals surface area contributed by atoms with Gasteiger partial charge in [-0.1, -0.05) is 32.6 Å². The number of carbonyl (C=O) groups excluding carboxylic acids is 3. The molecule has 1 unspecified atom stereocenters. The van der Waals surface area contributed by atoms with Crippen molar-refractivity contribution in [2.75, 3.05) is 5.32 Å². The van der Waals surface area contributed by atoms with Gasteiger partial charge in [-0.3, -0.25) is 19.1 Å². The summed E-state index contributed by atoms with van der Waals surface area (Å²) in [4.78, 5) is 54.6. The standard InChI is InChI=1S/C31H32BrN7O3/c1-7-20-10-26(32)35-27(11-20)36-30(42)25-13-31(5,6)18(3)39(25)28(41)16-38-24-9-8-21(22-14-33-19(4)34-15-22)12-23(24)29(37-38)17(2)40/h7-12,14-15,18,25H,1,13,16H2,2-6H3,(H,35,36,42)/t18-,25?/m1/s1. The molecule has 11 heteroatoms. The van der Waals surface area contributed by atoms with Gasteiger partial charge in [-0.25, -0.2) is 15.0 Å². The third-order valence-corrected chi connectivity index (χ3v) is 8.39. The van der Waals surface area contributed by atoms with Crippen LogP contribution in [-0.2, 0) is 16.1 Å². The van der Waals surface area contributed by atoms with Crippen molar-refractivity contribution < 1.29 is 14.4 Å². The summed E-state index contributed by atoms with van der Waals surface area (Å²) in [5.41, 5.74) is 3.05. The predicted molar refractivity (Wildman–Crippen MR) is 165 cm³/mol. The number of likely N-dealkylation sites (tertiary alicyclic amines) is 1. The fourth-order valence-corrected chi connectivity index (χ4v) is 5.88. The lowest BCUT2D eigenvalue weighted by molar-refractivity contribution is -0.139. The van der Waals surface area contributed by atoms with Crippen LogP contribution < -0.4 is 5.32 Å². The highest BCUT2D eigenvalue weighted by Gasteiger charge is 2.49. The van der Waals surface area contributed by atoms with E-state index in [0.717, 1.165) is 16.7 Å². The Bertz CT molecular complexity index is 1730. The molecule has 4 aromatic rings. The molecule has 0 bridgehead atoms. The molecule has 0 spiro atoms. The first kappa shape index (κ1) is 29.2. The largest absolute Gasteiger partial charge is 0.326 e. The van der Waals surface area contributed by atoms with Crippen molar-refractivity contribution in [2.45, 2.75) is 59.7 Å². The van der Waals surface area contributed by atoms with Crippen LogP contribution in [0.4, 0.5) is 5.82 Å². The third-order valence-electron chi connectivity index (χ3n) is 7.98. The molecule has 1 fully saturated rings. The van der Waals surface area contributed by atoms with Gasteiger partial charge in [0.1, 0.15) is 34.5 Å². The van der Waals surface area contributed by atoms with Gasteiger partial charge in [-0.2, -0.15) is 5.10 Å². The number of halogens is 1. The third kappa shape index (κ3) is 5.61. The summed E-state index contributed by atoms with van der Waals surface area (Å²) < 4.78 is 2.11. The zero-order valence-corrected chi connectivity index (χ0v) is 25.8. The van der Waals surface area contributed by atoms with Crippen molar-refractivity contribution in [1.29, 1.82) is 0 Å². The Balaban J connectivity index is 1.45. The SMILES string of the molecule is C=Cc1cc(Br)nc(NC(=O)C2CC(C)(C)[C@@H](C)N2C(=O)Cn2nc(C(C)=O)c3cc(-c4cnc(C)nc4)ccc32)c1. The average molecular weight is 631 g/mol. The summed E-state index contributed by atoms with van der Waals surface area (Å²) in [6.45, 7) is 13.0. The lowest BCUT2D eigenvalue weighted by Gasteiger charge is -2.31. The molecule has 0 saturated carbocycles. The maximum atomic E-state index is 13.9. The Morgan fingerprint density at radius 2 is 1.86 bits per heavy atom. The van der Waals surface area contributed by atoms with Crippen LogP contribution in [0.3, 0.4) is 0 Å². The summed E-state index contributed by atoms with van der Waals surface area (Å²) in [5.74, 6) is 0.236. The first-order valence-corrected chi connectivity index (χ1v) is 14.4. The molecule has 216 valence electrons. The Kier molecular flexibility index (Phi) is 7.80. The molecule has 1 aliphatic heterocycles. The number of aromatic nitrogens is 5. The number of benzene rings is 1. The molecule has 1 aromatic carbocycles. The highest BCUT2D eigenvalue weighted by atomic mass is 79.9. The van der Waals surface area contributed by atoms with Gasteiger partial charge in [-0.15, -0.1) is 0 Å². The summed E-state index contributed by atoms with van der Waals surface area (Å²) in [7, 11) is 0. The topological polar surface area (TPSA) is 123 Å². The van der Waals surface area contributed by atoms with Gasteiger partial charge in [0.2, 0.25) is 11.8 Å². The van der Waals surface area contributed by atoms with Crippen LogP contribution in [0.5, 0.6) is 0 Å². The van der Waals surface area contributed by atoms with E-state index < -0.39 is 6.04 Å². The highest BCUT2D eigenvalue weighted by molar-refractivity contribution is 9.10. The normalized spacial score (nSPS) is 17.8. The number of nitrogens with one attached hydrogen (secondary N) is 1. The van der Waals surface area contributed by atoms with Crippen molar-refractivity contribution in [1.82, 2.24) is 29.6 Å². The Morgan fingerprint density at radius 3 is 2.52 bits per heavy atom. The van der Waals surface area contributed by atoms with E-state index in [1.54, 1.807) is 40.2 Å². The molecule has 1 saturated heterocycles. The van der Waals surface area contributed by atoms with Crippen LogP contribution in [0.1, 0.15) is 56.0 Å². The fourth-order valence-electron chi connectivity index (χ4n) is 5.42. The number of fused-ring (bicyclic) bond motifs is 1. The molecule has 10 nitrogen and oxygen atoms in total. The number of rotatable bonds is 7. The van der Waals surface area contributed by atoms with Crippen molar-refractivity contribution in [3.8, 4) is 11.1 Å². The minimum Gasteiger partial charge on any atom is -0.326 e. The second-order valence-electron chi connectivity index (χ2n) is 11.3. The second-order valence-corrected chi connectivity index (χ2v) is 12.1. The first-order valence-electron chi connectivity index (χ1n) is 13.6. The van der Waals surface area contributed by atoms with Gasteiger partial charge < -0.3 is 10.2 Å². The molecule has 1 N–H and O–H groups in total. The molecule has 5 rings (SSSR count). The van der Waals surface area contributed by atoms with Gasteiger partial charge in [0.15, 0.2) is 5.78 Å². The highest BCUT2D eigenvalue weighted by Crippen LogP contribution is 2.41. The lowest BCUT2D eigenvalue weighted by atomic mass is 9.84. The van der Waals surface area contributed by atoms with Gasteiger partial charge in [-0.05, 0) is 77.0 Å². The molecule has 3 aromatic heterocycles. The summed E-state index contributed by atoms with van der Waals surface area (Å²) in [5, 5.41) is 8.06. The van der Waals surface area contributed by atoms with Crippen LogP contribution in [-0.4, -0.2) is 59.3 Å². The summed E-state index contributed by atoms with van der Waals surface area (Å²) >= 11 is 3.36. The summed E-state index contributed by atoms with van der Waals surface area (Å²) in [6.07, 6.45) is 5.61. The summed E-state index contributed by atoms with van der Waals surface area (Å²) in [6, 6.07) is 8.19. The number of nitrogens with zero attached hydrogens (tertiary/aromatic N) is 6.